The van der Waals surface area contributed by atoms with Crippen molar-refractivity contribution in [3.63, 3.8) is 0 Å². The standard InChI is InChI=1S/C17H18FN5O3/c1-2-22-8-11(6-20-22)26-15-10-25-9-13(15)21-17(24)16-19-7-14-12(18)4-3-5-23(14)16/h3-8,13,15H,2,9-10H2,1H3,(H,21,24)/t13-,15+/m0/s1. The molecular weight excluding hydrogens is 341 g/mol. The van der Waals surface area contributed by atoms with Gasteiger partial charge in [-0.3, -0.25) is 13.9 Å². The van der Waals surface area contributed by atoms with Gasteiger partial charge < -0.3 is 14.8 Å². The molecule has 0 saturated carbocycles. The van der Waals surface area contributed by atoms with Crippen molar-refractivity contribution in [2.24, 2.45) is 0 Å². The van der Waals surface area contributed by atoms with Crippen molar-refractivity contribution in [2.45, 2.75) is 25.6 Å². The van der Waals surface area contributed by atoms with Gasteiger partial charge in [0.2, 0.25) is 5.82 Å². The molecule has 1 aliphatic rings. The van der Waals surface area contributed by atoms with E-state index >= 15 is 0 Å². The first kappa shape index (κ1) is 16.5. The third-order valence-corrected chi connectivity index (χ3v) is 4.29. The van der Waals surface area contributed by atoms with Crippen LogP contribution in [0.3, 0.4) is 0 Å². The van der Waals surface area contributed by atoms with Crippen LogP contribution < -0.4 is 10.1 Å². The summed E-state index contributed by atoms with van der Waals surface area (Å²) in [4.78, 5) is 16.6. The lowest BCUT2D eigenvalue weighted by Crippen LogP contribution is -2.45. The number of halogens is 1. The van der Waals surface area contributed by atoms with Gasteiger partial charge >= 0.3 is 0 Å². The number of amides is 1. The van der Waals surface area contributed by atoms with Crippen LogP contribution in [-0.2, 0) is 11.3 Å². The minimum Gasteiger partial charge on any atom is -0.482 e. The van der Waals surface area contributed by atoms with Gasteiger partial charge in [0.15, 0.2) is 5.75 Å². The molecule has 0 spiro atoms. The Morgan fingerprint density at radius 3 is 3.15 bits per heavy atom. The number of ether oxygens (including phenoxy) is 2. The number of carbonyl (C=O) groups excluding carboxylic acids is 1. The maximum atomic E-state index is 13.8. The van der Waals surface area contributed by atoms with E-state index < -0.39 is 11.7 Å². The molecule has 136 valence electrons. The van der Waals surface area contributed by atoms with E-state index in [-0.39, 0.29) is 23.5 Å². The predicted molar refractivity (Wildman–Crippen MR) is 89.5 cm³/mol. The fourth-order valence-electron chi connectivity index (χ4n) is 2.93. The highest BCUT2D eigenvalue weighted by atomic mass is 19.1. The number of fused-ring (bicyclic) bond motifs is 1. The molecular formula is C17H18FN5O3. The van der Waals surface area contributed by atoms with E-state index in [1.807, 2.05) is 6.92 Å². The van der Waals surface area contributed by atoms with Crippen LogP contribution in [0.2, 0.25) is 0 Å². The van der Waals surface area contributed by atoms with Crippen molar-refractivity contribution in [1.29, 1.82) is 0 Å². The van der Waals surface area contributed by atoms with Crippen LogP contribution in [0, 0.1) is 5.82 Å². The lowest BCUT2D eigenvalue weighted by Gasteiger charge is -2.19. The number of rotatable bonds is 5. The maximum Gasteiger partial charge on any atom is 0.288 e. The van der Waals surface area contributed by atoms with Gasteiger partial charge in [-0.2, -0.15) is 5.10 Å². The smallest absolute Gasteiger partial charge is 0.288 e. The normalized spacial score (nSPS) is 19.8. The van der Waals surface area contributed by atoms with Crippen LogP contribution in [0.15, 0.2) is 36.9 Å². The summed E-state index contributed by atoms with van der Waals surface area (Å²) in [5.41, 5.74) is 0.250. The van der Waals surface area contributed by atoms with Crippen LogP contribution in [0.5, 0.6) is 5.75 Å². The van der Waals surface area contributed by atoms with Crippen molar-refractivity contribution < 1.29 is 18.7 Å². The SMILES string of the molecule is CCn1cc(O[C@@H]2COC[C@@H]2NC(=O)c2ncc3c(F)cccn23)cn1. The zero-order valence-corrected chi connectivity index (χ0v) is 14.1. The molecule has 26 heavy (non-hydrogen) atoms. The van der Waals surface area contributed by atoms with Crippen molar-refractivity contribution in [2.75, 3.05) is 13.2 Å². The molecule has 0 aromatic carbocycles. The molecule has 1 aliphatic heterocycles. The van der Waals surface area contributed by atoms with E-state index in [9.17, 15) is 9.18 Å². The lowest BCUT2D eigenvalue weighted by molar-refractivity contribution is 0.0893. The Morgan fingerprint density at radius 2 is 2.35 bits per heavy atom. The summed E-state index contributed by atoms with van der Waals surface area (Å²) < 4.78 is 28.3. The summed E-state index contributed by atoms with van der Waals surface area (Å²) in [6.45, 7) is 3.42. The zero-order valence-electron chi connectivity index (χ0n) is 14.1. The predicted octanol–water partition coefficient (Wildman–Crippen LogP) is 1.27. The fourth-order valence-corrected chi connectivity index (χ4v) is 2.93. The largest absolute Gasteiger partial charge is 0.482 e. The van der Waals surface area contributed by atoms with Gasteiger partial charge in [-0.05, 0) is 19.1 Å². The molecule has 1 saturated heterocycles. The number of nitrogens with one attached hydrogen (secondary N) is 1. The Kier molecular flexibility index (Phi) is 4.29. The van der Waals surface area contributed by atoms with Gasteiger partial charge in [0, 0.05) is 12.7 Å². The Hall–Kier alpha value is -2.94. The second kappa shape index (κ2) is 6.75. The van der Waals surface area contributed by atoms with Gasteiger partial charge in [0.25, 0.3) is 5.91 Å². The first-order chi connectivity index (χ1) is 12.7. The zero-order chi connectivity index (χ0) is 18.1. The summed E-state index contributed by atoms with van der Waals surface area (Å²) in [5, 5.41) is 7.02. The Morgan fingerprint density at radius 1 is 1.46 bits per heavy atom. The fraction of sp³-hybridized carbons (Fsp3) is 0.353. The van der Waals surface area contributed by atoms with E-state index in [1.165, 1.54) is 22.7 Å². The minimum atomic E-state index is -0.433. The topological polar surface area (TPSA) is 82.7 Å². The van der Waals surface area contributed by atoms with Crippen molar-refractivity contribution >= 4 is 11.4 Å². The van der Waals surface area contributed by atoms with Gasteiger partial charge in [-0.25, -0.2) is 9.37 Å². The molecule has 4 rings (SSSR count). The third-order valence-electron chi connectivity index (χ3n) is 4.29. The molecule has 1 N–H and O–H groups in total. The molecule has 1 amide bonds. The highest BCUT2D eigenvalue weighted by Gasteiger charge is 2.32. The number of carbonyl (C=O) groups is 1. The van der Waals surface area contributed by atoms with E-state index in [4.69, 9.17) is 9.47 Å². The number of nitrogens with zero attached hydrogens (tertiary/aromatic N) is 4. The van der Waals surface area contributed by atoms with Crippen molar-refractivity contribution in [3.05, 3.63) is 48.6 Å². The molecule has 1 fully saturated rings. The van der Waals surface area contributed by atoms with Gasteiger partial charge in [0.05, 0.1) is 37.8 Å². The summed E-state index contributed by atoms with van der Waals surface area (Å²) in [6.07, 6.45) is 6.02. The average molecular weight is 359 g/mol. The Labute approximate surface area is 148 Å². The summed E-state index contributed by atoms with van der Waals surface area (Å²) in [5.74, 6) is -0.111. The van der Waals surface area contributed by atoms with Gasteiger partial charge in [-0.15, -0.1) is 0 Å². The maximum absolute atomic E-state index is 13.8. The Balaban J connectivity index is 1.48. The van der Waals surface area contributed by atoms with Crippen LogP contribution in [0.1, 0.15) is 17.5 Å². The molecule has 2 atom stereocenters. The molecule has 9 heteroatoms. The van der Waals surface area contributed by atoms with Gasteiger partial charge in [-0.1, -0.05) is 0 Å². The second-order valence-corrected chi connectivity index (χ2v) is 6.00. The van der Waals surface area contributed by atoms with Crippen molar-refractivity contribution in [3.8, 4) is 5.75 Å². The monoisotopic (exact) mass is 359 g/mol. The highest BCUT2D eigenvalue weighted by Crippen LogP contribution is 2.17. The number of hydrogen-bond donors (Lipinski definition) is 1. The van der Waals surface area contributed by atoms with E-state index in [0.29, 0.717) is 19.0 Å². The van der Waals surface area contributed by atoms with E-state index in [0.717, 1.165) is 6.54 Å². The number of aryl methyl sites for hydroxylation is 1. The highest BCUT2D eigenvalue weighted by molar-refractivity contribution is 5.92. The third kappa shape index (κ3) is 3.01. The van der Waals surface area contributed by atoms with E-state index in [1.54, 1.807) is 23.3 Å². The molecule has 4 heterocycles. The summed E-state index contributed by atoms with van der Waals surface area (Å²) in [6, 6.07) is 2.51. The molecule has 8 nitrogen and oxygen atoms in total. The molecule has 0 aliphatic carbocycles. The summed E-state index contributed by atoms with van der Waals surface area (Å²) in [7, 11) is 0. The van der Waals surface area contributed by atoms with Crippen LogP contribution in [0.25, 0.3) is 5.52 Å². The number of pyridine rings is 1. The van der Waals surface area contributed by atoms with Crippen LogP contribution in [-0.4, -0.2) is 50.4 Å². The van der Waals surface area contributed by atoms with Crippen molar-refractivity contribution in [1.82, 2.24) is 24.5 Å². The quantitative estimate of drug-likeness (QED) is 0.742. The second-order valence-electron chi connectivity index (χ2n) is 6.00. The number of imidazole rings is 1. The van der Waals surface area contributed by atoms with Gasteiger partial charge in [0.1, 0.15) is 17.4 Å². The summed E-state index contributed by atoms with van der Waals surface area (Å²) >= 11 is 0. The molecule has 0 bridgehead atoms. The number of hydrogen-bond acceptors (Lipinski definition) is 5. The first-order valence-corrected chi connectivity index (χ1v) is 8.35. The molecule has 3 aromatic rings. The molecule has 3 aromatic heterocycles. The first-order valence-electron chi connectivity index (χ1n) is 8.35. The van der Waals surface area contributed by atoms with Crippen LogP contribution >= 0.6 is 0 Å². The molecule has 0 unspecified atom stereocenters. The molecule has 0 radical (unpaired) electrons. The minimum absolute atomic E-state index is 0.115. The van der Waals surface area contributed by atoms with Crippen LogP contribution in [0.4, 0.5) is 4.39 Å². The van der Waals surface area contributed by atoms with E-state index in [2.05, 4.69) is 15.4 Å². The average Bonchev–Trinajstić information content (AvgIpc) is 3.36. The lowest BCUT2D eigenvalue weighted by atomic mass is 10.2. The number of aromatic nitrogens is 4. The Bertz CT molecular complexity index is 938.